The molecule has 2 amide bonds. The van der Waals surface area contributed by atoms with E-state index in [2.05, 4.69) is 41.7 Å². The summed E-state index contributed by atoms with van der Waals surface area (Å²) in [4.78, 5) is 24.1. The van der Waals surface area contributed by atoms with Crippen LogP contribution in [-0.2, 0) is 0 Å². The Balaban J connectivity index is 1.52. The molecular weight excluding hydrogens is 350 g/mol. The third-order valence-corrected chi connectivity index (χ3v) is 5.41. The Labute approximate surface area is 165 Å². The van der Waals surface area contributed by atoms with Crippen LogP contribution in [0.4, 0.5) is 4.79 Å². The molecule has 0 unspecified atom stereocenters. The van der Waals surface area contributed by atoms with Gasteiger partial charge in [-0.2, -0.15) is 5.48 Å². The second kappa shape index (κ2) is 7.89. The van der Waals surface area contributed by atoms with Gasteiger partial charge in [0.2, 0.25) is 0 Å². The minimum absolute atomic E-state index is 0.167. The summed E-state index contributed by atoms with van der Waals surface area (Å²) >= 11 is 0. The van der Waals surface area contributed by atoms with Gasteiger partial charge in [0.05, 0.1) is 5.52 Å². The first-order chi connectivity index (χ1) is 13.6. The molecule has 1 saturated heterocycles. The van der Waals surface area contributed by atoms with E-state index in [1.54, 1.807) is 4.90 Å². The smallest absolute Gasteiger partial charge is 0.350 e. The fraction of sp³-hybridized carbons (Fsp3) is 0.304. The van der Waals surface area contributed by atoms with Crippen molar-refractivity contribution >= 4 is 16.9 Å². The van der Waals surface area contributed by atoms with Gasteiger partial charge < -0.3 is 9.74 Å². The Morgan fingerprint density at radius 1 is 1.07 bits per heavy atom. The molecule has 3 aromatic rings. The summed E-state index contributed by atoms with van der Waals surface area (Å²) in [5.41, 5.74) is 7.99. The Bertz CT molecular complexity index is 1010. The highest BCUT2D eigenvalue weighted by Crippen LogP contribution is 2.31. The van der Waals surface area contributed by atoms with Crippen LogP contribution in [0.1, 0.15) is 30.4 Å². The number of piperidine rings is 1. The standard InChI is InChI=1S/C23H25N3O2/c1-16-15-19(20-10-8-18-7-6-12-24-22(18)17(20)2)9-11-21(16)28-25-23(27)26-13-4-3-5-14-26/h6-12,15H,3-5,13-14H2,1-2H3,(H,25,27). The summed E-state index contributed by atoms with van der Waals surface area (Å²) in [6.07, 6.45) is 5.13. The van der Waals surface area contributed by atoms with Crippen LogP contribution in [0, 0.1) is 13.8 Å². The van der Waals surface area contributed by atoms with Crippen molar-refractivity contribution in [2.75, 3.05) is 13.1 Å². The number of carbonyl (C=O) groups excluding carboxylic acids is 1. The van der Waals surface area contributed by atoms with Gasteiger partial charge in [0, 0.05) is 24.7 Å². The lowest BCUT2D eigenvalue weighted by molar-refractivity contribution is 0.135. The fourth-order valence-corrected chi connectivity index (χ4v) is 3.80. The topological polar surface area (TPSA) is 54.5 Å². The molecule has 144 valence electrons. The lowest BCUT2D eigenvalue weighted by Gasteiger charge is -2.26. The van der Waals surface area contributed by atoms with E-state index < -0.39 is 0 Å². The molecular formula is C23H25N3O2. The van der Waals surface area contributed by atoms with Crippen LogP contribution in [0.2, 0.25) is 0 Å². The zero-order chi connectivity index (χ0) is 19.5. The number of urea groups is 1. The van der Waals surface area contributed by atoms with Crippen molar-refractivity contribution in [3.63, 3.8) is 0 Å². The molecule has 0 spiro atoms. The Kier molecular flexibility index (Phi) is 5.15. The van der Waals surface area contributed by atoms with Crippen molar-refractivity contribution in [2.45, 2.75) is 33.1 Å². The zero-order valence-corrected chi connectivity index (χ0v) is 16.4. The first-order valence-corrected chi connectivity index (χ1v) is 9.80. The number of hydrogen-bond donors (Lipinski definition) is 1. The number of aromatic nitrogens is 1. The molecule has 1 fully saturated rings. The highest BCUT2D eigenvalue weighted by molar-refractivity contribution is 5.88. The van der Waals surface area contributed by atoms with Crippen molar-refractivity contribution in [1.29, 1.82) is 0 Å². The first-order valence-electron chi connectivity index (χ1n) is 9.80. The lowest BCUT2D eigenvalue weighted by atomic mass is 9.96. The minimum Gasteiger partial charge on any atom is -0.378 e. The van der Waals surface area contributed by atoms with Crippen LogP contribution >= 0.6 is 0 Å². The molecule has 28 heavy (non-hydrogen) atoms. The summed E-state index contributed by atoms with van der Waals surface area (Å²) in [6.45, 7) is 5.68. The van der Waals surface area contributed by atoms with E-state index in [-0.39, 0.29) is 6.03 Å². The number of carbonyl (C=O) groups is 1. The molecule has 4 rings (SSSR count). The van der Waals surface area contributed by atoms with Crippen molar-refractivity contribution in [1.82, 2.24) is 15.4 Å². The van der Waals surface area contributed by atoms with Gasteiger partial charge >= 0.3 is 6.03 Å². The van der Waals surface area contributed by atoms with Gasteiger partial charge in [0.1, 0.15) is 0 Å². The molecule has 1 N–H and O–H groups in total. The average Bonchev–Trinajstić information content (AvgIpc) is 2.74. The molecule has 0 saturated carbocycles. The average molecular weight is 375 g/mol. The molecule has 1 aliphatic rings. The Morgan fingerprint density at radius 3 is 2.68 bits per heavy atom. The normalized spacial score (nSPS) is 14.1. The predicted molar refractivity (Wildman–Crippen MR) is 111 cm³/mol. The van der Waals surface area contributed by atoms with Crippen molar-refractivity contribution < 1.29 is 9.63 Å². The summed E-state index contributed by atoms with van der Waals surface area (Å²) in [5, 5.41) is 1.14. The van der Waals surface area contributed by atoms with Gasteiger partial charge in [0.25, 0.3) is 0 Å². The molecule has 5 heteroatoms. The van der Waals surface area contributed by atoms with Crippen LogP contribution in [0.15, 0.2) is 48.7 Å². The van der Waals surface area contributed by atoms with Crippen molar-refractivity contribution in [3.05, 3.63) is 59.8 Å². The largest absolute Gasteiger partial charge is 0.378 e. The first kappa shape index (κ1) is 18.3. The van der Waals surface area contributed by atoms with E-state index in [1.165, 1.54) is 6.42 Å². The maximum atomic E-state index is 12.2. The molecule has 0 aliphatic carbocycles. The van der Waals surface area contributed by atoms with Gasteiger partial charge in [-0.1, -0.05) is 24.3 Å². The molecule has 5 nitrogen and oxygen atoms in total. The molecule has 1 aromatic heterocycles. The summed E-state index contributed by atoms with van der Waals surface area (Å²) in [5.74, 6) is 0.658. The highest BCUT2D eigenvalue weighted by Gasteiger charge is 2.17. The van der Waals surface area contributed by atoms with E-state index >= 15 is 0 Å². The third-order valence-electron chi connectivity index (χ3n) is 5.41. The lowest BCUT2D eigenvalue weighted by Crippen LogP contribution is -2.44. The van der Waals surface area contributed by atoms with Crippen LogP contribution in [0.25, 0.3) is 22.0 Å². The van der Waals surface area contributed by atoms with E-state index in [1.807, 2.05) is 31.3 Å². The fourth-order valence-electron chi connectivity index (χ4n) is 3.80. The number of fused-ring (bicyclic) bond motifs is 1. The molecule has 2 aromatic carbocycles. The summed E-state index contributed by atoms with van der Waals surface area (Å²) in [6, 6.07) is 14.1. The number of benzene rings is 2. The summed E-state index contributed by atoms with van der Waals surface area (Å²) in [7, 11) is 0. The number of hydrogen-bond acceptors (Lipinski definition) is 3. The van der Waals surface area contributed by atoms with Crippen LogP contribution in [0.5, 0.6) is 5.75 Å². The van der Waals surface area contributed by atoms with E-state index in [9.17, 15) is 4.79 Å². The number of rotatable bonds is 3. The molecule has 1 aliphatic heterocycles. The van der Waals surface area contributed by atoms with Crippen LogP contribution in [-0.4, -0.2) is 29.0 Å². The second-order valence-corrected chi connectivity index (χ2v) is 7.35. The second-order valence-electron chi connectivity index (χ2n) is 7.35. The Hall–Kier alpha value is -3.08. The zero-order valence-electron chi connectivity index (χ0n) is 16.4. The van der Waals surface area contributed by atoms with Gasteiger partial charge in [-0.25, -0.2) is 4.79 Å². The van der Waals surface area contributed by atoms with Gasteiger partial charge in [-0.15, -0.1) is 0 Å². The monoisotopic (exact) mass is 375 g/mol. The van der Waals surface area contributed by atoms with Crippen molar-refractivity contribution in [3.8, 4) is 16.9 Å². The quantitative estimate of drug-likeness (QED) is 0.655. The van der Waals surface area contributed by atoms with Gasteiger partial charge in [0.15, 0.2) is 5.75 Å². The molecule has 0 radical (unpaired) electrons. The number of nitrogens with one attached hydrogen (secondary N) is 1. The number of amides is 2. The maximum Gasteiger partial charge on any atom is 0.350 e. The van der Waals surface area contributed by atoms with E-state index in [0.717, 1.165) is 59.1 Å². The Morgan fingerprint density at radius 2 is 1.89 bits per heavy atom. The predicted octanol–water partition coefficient (Wildman–Crippen LogP) is 5.01. The number of nitrogens with zero attached hydrogens (tertiary/aromatic N) is 2. The van der Waals surface area contributed by atoms with E-state index in [4.69, 9.17) is 4.84 Å². The maximum absolute atomic E-state index is 12.2. The third kappa shape index (κ3) is 3.65. The summed E-state index contributed by atoms with van der Waals surface area (Å²) < 4.78 is 0. The van der Waals surface area contributed by atoms with Crippen LogP contribution < -0.4 is 10.3 Å². The van der Waals surface area contributed by atoms with E-state index in [0.29, 0.717) is 5.75 Å². The number of likely N-dealkylation sites (tertiary alicyclic amines) is 1. The minimum atomic E-state index is -0.167. The van der Waals surface area contributed by atoms with Gasteiger partial charge in [-0.05, 0) is 73.6 Å². The van der Waals surface area contributed by atoms with Crippen molar-refractivity contribution in [2.24, 2.45) is 0 Å². The van der Waals surface area contributed by atoms with Gasteiger partial charge in [-0.3, -0.25) is 4.98 Å². The molecule has 0 atom stereocenters. The molecule has 2 heterocycles. The number of pyridine rings is 1. The highest BCUT2D eigenvalue weighted by atomic mass is 16.7. The SMILES string of the molecule is Cc1cc(-c2ccc3cccnc3c2C)ccc1ONC(=O)N1CCCCC1. The molecule has 0 bridgehead atoms. The van der Waals surface area contributed by atoms with Crippen LogP contribution in [0.3, 0.4) is 0 Å². The number of hydroxylamine groups is 1. The number of aryl methyl sites for hydroxylation is 2.